The molecule has 3 atom stereocenters. The Kier molecular flexibility index (Phi) is 4.07. The highest BCUT2D eigenvalue weighted by Crippen LogP contribution is 2.31. The lowest BCUT2D eigenvalue weighted by Gasteiger charge is -2.21. The standard InChI is InChI=1S/C13H18BrNO2/c1-8(15)10-7-9(14)5-6-12(10)17-13-4-2-3-11(13)16/h5-8,11,13,16H,2-4,15H2,1H3/t8-,11?,13?/m0/s1. The largest absolute Gasteiger partial charge is 0.487 e. The van der Waals surface area contributed by atoms with Crippen LogP contribution in [0.5, 0.6) is 5.75 Å². The highest BCUT2D eigenvalue weighted by Gasteiger charge is 2.27. The van der Waals surface area contributed by atoms with Gasteiger partial charge in [-0.1, -0.05) is 15.9 Å². The van der Waals surface area contributed by atoms with Gasteiger partial charge in [0.1, 0.15) is 11.9 Å². The summed E-state index contributed by atoms with van der Waals surface area (Å²) in [5, 5.41) is 9.77. The van der Waals surface area contributed by atoms with Gasteiger partial charge in [-0.25, -0.2) is 0 Å². The van der Waals surface area contributed by atoms with E-state index < -0.39 is 0 Å². The van der Waals surface area contributed by atoms with Gasteiger partial charge < -0.3 is 15.6 Å². The molecule has 1 aliphatic carbocycles. The normalized spacial score (nSPS) is 25.9. The summed E-state index contributed by atoms with van der Waals surface area (Å²) in [5.41, 5.74) is 6.90. The predicted octanol–water partition coefficient (Wildman–Crippen LogP) is 2.76. The molecule has 1 aliphatic rings. The van der Waals surface area contributed by atoms with E-state index in [1.165, 1.54) is 0 Å². The monoisotopic (exact) mass is 299 g/mol. The van der Waals surface area contributed by atoms with Crippen molar-refractivity contribution in [3.63, 3.8) is 0 Å². The molecule has 0 bridgehead atoms. The molecular formula is C13H18BrNO2. The Labute approximate surface area is 110 Å². The molecule has 3 nitrogen and oxygen atoms in total. The van der Waals surface area contributed by atoms with Crippen LogP contribution in [-0.4, -0.2) is 17.3 Å². The first-order valence-corrected chi connectivity index (χ1v) is 6.77. The molecular weight excluding hydrogens is 282 g/mol. The van der Waals surface area contributed by atoms with Crippen molar-refractivity contribution in [3.05, 3.63) is 28.2 Å². The van der Waals surface area contributed by atoms with Crippen LogP contribution in [0, 0.1) is 0 Å². The van der Waals surface area contributed by atoms with E-state index in [-0.39, 0.29) is 18.2 Å². The summed E-state index contributed by atoms with van der Waals surface area (Å²) < 4.78 is 6.87. The summed E-state index contributed by atoms with van der Waals surface area (Å²) in [4.78, 5) is 0. The van der Waals surface area contributed by atoms with Crippen molar-refractivity contribution < 1.29 is 9.84 Å². The summed E-state index contributed by atoms with van der Waals surface area (Å²) in [7, 11) is 0. The number of nitrogens with two attached hydrogens (primary N) is 1. The molecule has 0 aromatic heterocycles. The Bertz CT molecular complexity index is 395. The fourth-order valence-electron chi connectivity index (χ4n) is 2.19. The van der Waals surface area contributed by atoms with Gasteiger partial charge in [0, 0.05) is 16.1 Å². The van der Waals surface area contributed by atoms with Crippen LogP contribution < -0.4 is 10.5 Å². The third kappa shape index (κ3) is 3.00. The van der Waals surface area contributed by atoms with Gasteiger partial charge in [-0.05, 0) is 44.4 Å². The number of benzene rings is 1. The van der Waals surface area contributed by atoms with E-state index in [1.54, 1.807) is 0 Å². The molecule has 1 saturated carbocycles. The molecule has 3 N–H and O–H groups in total. The Hall–Kier alpha value is -0.580. The number of rotatable bonds is 3. The molecule has 1 fully saturated rings. The smallest absolute Gasteiger partial charge is 0.124 e. The van der Waals surface area contributed by atoms with Gasteiger partial charge in [-0.3, -0.25) is 0 Å². The number of halogens is 1. The molecule has 0 amide bonds. The second kappa shape index (κ2) is 5.38. The first kappa shape index (κ1) is 12.9. The zero-order chi connectivity index (χ0) is 12.4. The van der Waals surface area contributed by atoms with Crippen LogP contribution >= 0.6 is 15.9 Å². The van der Waals surface area contributed by atoms with Crippen LogP contribution in [0.3, 0.4) is 0 Å². The Morgan fingerprint density at radius 1 is 1.47 bits per heavy atom. The predicted molar refractivity (Wildman–Crippen MR) is 71.0 cm³/mol. The summed E-state index contributed by atoms with van der Waals surface area (Å²) in [6, 6.07) is 5.73. The summed E-state index contributed by atoms with van der Waals surface area (Å²) in [5.74, 6) is 0.786. The Balaban J connectivity index is 2.19. The van der Waals surface area contributed by atoms with Gasteiger partial charge in [0.15, 0.2) is 0 Å². The van der Waals surface area contributed by atoms with E-state index in [4.69, 9.17) is 10.5 Å². The van der Waals surface area contributed by atoms with E-state index in [0.717, 1.165) is 35.0 Å². The van der Waals surface area contributed by atoms with Gasteiger partial charge >= 0.3 is 0 Å². The molecule has 0 saturated heterocycles. The summed E-state index contributed by atoms with van der Waals surface area (Å²) in [6.45, 7) is 1.93. The maximum atomic E-state index is 9.77. The van der Waals surface area contributed by atoms with Crippen LogP contribution in [0.15, 0.2) is 22.7 Å². The molecule has 94 valence electrons. The van der Waals surface area contributed by atoms with Gasteiger partial charge in [0.2, 0.25) is 0 Å². The third-order valence-electron chi connectivity index (χ3n) is 3.16. The molecule has 1 aromatic rings. The molecule has 0 aliphatic heterocycles. The highest BCUT2D eigenvalue weighted by atomic mass is 79.9. The van der Waals surface area contributed by atoms with Crippen LogP contribution in [0.2, 0.25) is 0 Å². The molecule has 17 heavy (non-hydrogen) atoms. The van der Waals surface area contributed by atoms with E-state index >= 15 is 0 Å². The highest BCUT2D eigenvalue weighted by molar-refractivity contribution is 9.10. The molecule has 2 unspecified atom stereocenters. The van der Waals surface area contributed by atoms with Crippen LogP contribution in [-0.2, 0) is 0 Å². The quantitative estimate of drug-likeness (QED) is 0.902. The van der Waals surface area contributed by atoms with Crippen molar-refractivity contribution >= 4 is 15.9 Å². The molecule has 0 radical (unpaired) electrons. The number of hydrogen-bond acceptors (Lipinski definition) is 3. The Morgan fingerprint density at radius 2 is 2.24 bits per heavy atom. The van der Waals surface area contributed by atoms with Crippen molar-refractivity contribution in [3.8, 4) is 5.75 Å². The molecule has 1 aromatic carbocycles. The number of aliphatic hydroxyl groups excluding tert-OH is 1. The second-order valence-electron chi connectivity index (χ2n) is 4.63. The number of ether oxygens (including phenoxy) is 1. The van der Waals surface area contributed by atoms with Gasteiger partial charge in [0.05, 0.1) is 6.10 Å². The van der Waals surface area contributed by atoms with Crippen molar-refractivity contribution in [1.29, 1.82) is 0 Å². The fraction of sp³-hybridized carbons (Fsp3) is 0.538. The number of aliphatic hydroxyl groups is 1. The molecule has 4 heteroatoms. The van der Waals surface area contributed by atoms with E-state index in [2.05, 4.69) is 15.9 Å². The topological polar surface area (TPSA) is 55.5 Å². The SMILES string of the molecule is C[C@H](N)c1cc(Br)ccc1OC1CCCC1O. The van der Waals surface area contributed by atoms with E-state index in [0.29, 0.717) is 0 Å². The fourth-order valence-corrected chi connectivity index (χ4v) is 2.57. The van der Waals surface area contributed by atoms with Crippen molar-refractivity contribution in [2.45, 2.75) is 44.4 Å². The average molecular weight is 300 g/mol. The molecule has 0 spiro atoms. The zero-order valence-electron chi connectivity index (χ0n) is 9.90. The number of hydrogen-bond donors (Lipinski definition) is 2. The lowest BCUT2D eigenvalue weighted by atomic mass is 10.1. The van der Waals surface area contributed by atoms with Crippen molar-refractivity contribution in [2.75, 3.05) is 0 Å². The minimum absolute atomic E-state index is 0.0824. The lowest BCUT2D eigenvalue weighted by molar-refractivity contribution is 0.0596. The van der Waals surface area contributed by atoms with Crippen LogP contribution in [0.4, 0.5) is 0 Å². The zero-order valence-corrected chi connectivity index (χ0v) is 11.5. The first-order valence-electron chi connectivity index (χ1n) is 5.97. The minimum Gasteiger partial charge on any atom is -0.487 e. The lowest BCUT2D eigenvalue weighted by Crippen LogP contribution is -2.26. The van der Waals surface area contributed by atoms with Gasteiger partial charge in [0.25, 0.3) is 0 Å². The van der Waals surface area contributed by atoms with Crippen LogP contribution in [0.1, 0.15) is 37.8 Å². The molecule has 2 rings (SSSR count). The molecule has 0 heterocycles. The van der Waals surface area contributed by atoms with Gasteiger partial charge in [-0.15, -0.1) is 0 Å². The second-order valence-corrected chi connectivity index (χ2v) is 5.54. The minimum atomic E-state index is -0.348. The summed E-state index contributed by atoms with van der Waals surface area (Å²) in [6.07, 6.45) is 2.33. The van der Waals surface area contributed by atoms with Crippen molar-refractivity contribution in [2.24, 2.45) is 5.73 Å². The van der Waals surface area contributed by atoms with E-state index in [1.807, 2.05) is 25.1 Å². The third-order valence-corrected chi connectivity index (χ3v) is 3.65. The Morgan fingerprint density at radius 3 is 2.82 bits per heavy atom. The average Bonchev–Trinajstić information content (AvgIpc) is 2.67. The first-order chi connectivity index (χ1) is 8.08. The van der Waals surface area contributed by atoms with Gasteiger partial charge in [-0.2, -0.15) is 0 Å². The summed E-state index contributed by atoms with van der Waals surface area (Å²) >= 11 is 3.43. The van der Waals surface area contributed by atoms with Crippen LogP contribution in [0.25, 0.3) is 0 Å². The van der Waals surface area contributed by atoms with E-state index in [9.17, 15) is 5.11 Å². The van der Waals surface area contributed by atoms with Crippen molar-refractivity contribution in [1.82, 2.24) is 0 Å². The maximum absolute atomic E-state index is 9.77. The maximum Gasteiger partial charge on any atom is 0.124 e.